The maximum atomic E-state index is 12.1. The predicted octanol–water partition coefficient (Wildman–Crippen LogP) is 3.71. The van der Waals surface area contributed by atoms with E-state index >= 15 is 0 Å². The maximum Gasteiger partial charge on any atom is 0.240 e. The molecule has 0 aliphatic rings. The van der Waals surface area contributed by atoms with Crippen LogP contribution in [0.5, 0.6) is 0 Å². The smallest absolute Gasteiger partial charge is 0.240 e. The Bertz CT molecular complexity index is 720. The van der Waals surface area contributed by atoms with Crippen LogP contribution in [-0.4, -0.2) is 24.9 Å². The first-order chi connectivity index (χ1) is 11.5. The third-order valence-electron chi connectivity index (χ3n) is 3.48. The highest BCUT2D eigenvalue weighted by molar-refractivity contribution is 6.44. The van der Waals surface area contributed by atoms with Crippen molar-refractivity contribution in [1.29, 1.82) is 0 Å². The zero-order chi connectivity index (χ0) is 17.5. The lowest BCUT2D eigenvalue weighted by molar-refractivity contribution is -0.123. The van der Waals surface area contributed by atoms with Crippen molar-refractivity contribution in [2.45, 2.75) is 13.3 Å². The van der Waals surface area contributed by atoms with Crippen LogP contribution < -0.4 is 10.2 Å². The third kappa shape index (κ3) is 4.98. The van der Waals surface area contributed by atoms with Crippen LogP contribution in [0, 0.1) is 0 Å². The van der Waals surface area contributed by atoms with E-state index in [-0.39, 0.29) is 23.4 Å². The quantitative estimate of drug-likeness (QED) is 0.849. The molecule has 0 aromatic heterocycles. The Morgan fingerprint density at radius 2 is 1.75 bits per heavy atom. The minimum absolute atomic E-state index is 0.107. The van der Waals surface area contributed by atoms with Gasteiger partial charge in [0.25, 0.3) is 0 Å². The summed E-state index contributed by atoms with van der Waals surface area (Å²) in [7, 11) is 0. The fourth-order valence-corrected chi connectivity index (χ4v) is 2.66. The molecule has 0 saturated carbocycles. The molecule has 4 nitrogen and oxygen atoms in total. The number of amides is 2. The molecule has 126 valence electrons. The zero-order valence-electron chi connectivity index (χ0n) is 13.3. The lowest BCUT2D eigenvalue weighted by Gasteiger charge is -2.22. The van der Waals surface area contributed by atoms with Gasteiger partial charge in [-0.15, -0.1) is 0 Å². The molecule has 6 heteroatoms. The van der Waals surface area contributed by atoms with Crippen molar-refractivity contribution in [2.75, 3.05) is 18.0 Å². The summed E-state index contributed by atoms with van der Waals surface area (Å²) in [6.45, 7) is 1.77. The summed E-state index contributed by atoms with van der Waals surface area (Å²) < 4.78 is 0. The van der Waals surface area contributed by atoms with E-state index < -0.39 is 0 Å². The van der Waals surface area contributed by atoms with E-state index in [0.29, 0.717) is 17.3 Å². The van der Waals surface area contributed by atoms with Crippen LogP contribution >= 0.6 is 23.2 Å². The highest BCUT2D eigenvalue weighted by atomic mass is 35.5. The summed E-state index contributed by atoms with van der Waals surface area (Å²) in [5.74, 6) is -0.533. The number of nitrogens with one attached hydrogen (secondary N) is 1. The average Bonchev–Trinajstić information content (AvgIpc) is 2.56. The number of hydrogen-bond acceptors (Lipinski definition) is 2. The molecule has 0 radical (unpaired) electrons. The Kier molecular flexibility index (Phi) is 6.64. The SMILES string of the molecule is CC(=O)N(CC(=O)NCCc1ccccc1)c1cccc(Cl)c1Cl. The van der Waals surface area contributed by atoms with E-state index in [2.05, 4.69) is 5.32 Å². The maximum absolute atomic E-state index is 12.1. The number of benzene rings is 2. The lowest BCUT2D eigenvalue weighted by Crippen LogP contribution is -2.40. The molecule has 0 spiro atoms. The van der Waals surface area contributed by atoms with Gasteiger partial charge in [-0.25, -0.2) is 0 Å². The number of carbonyl (C=O) groups excluding carboxylic acids is 2. The third-order valence-corrected chi connectivity index (χ3v) is 4.29. The van der Waals surface area contributed by atoms with Crippen molar-refractivity contribution >= 4 is 40.7 Å². The Morgan fingerprint density at radius 1 is 1.04 bits per heavy atom. The summed E-state index contributed by atoms with van der Waals surface area (Å²) >= 11 is 12.1. The van der Waals surface area contributed by atoms with Gasteiger partial charge in [0.15, 0.2) is 0 Å². The molecule has 0 saturated heterocycles. The summed E-state index contributed by atoms with van der Waals surface area (Å²) in [5, 5.41) is 3.41. The highest BCUT2D eigenvalue weighted by Gasteiger charge is 2.19. The van der Waals surface area contributed by atoms with Crippen LogP contribution in [0.3, 0.4) is 0 Å². The average molecular weight is 365 g/mol. The first-order valence-electron chi connectivity index (χ1n) is 7.52. The van der Waals surface area contributed by atoms with Gasteiger partial charge < -0.3 is 10.2 Å². The number of rotatable bonds is 6. The molecule has 24 heavy (non-hydrogen) atoms. The molecular formula is C18H18Cl2N2O2. The minimum Gasteiger partial charge on any atom is -0.354 e. The molecular weight excluding hydrogens is 347 g/mol. The summed E-state index contributed by atoms with van der Waals surface area (Å²) in [4.78, 5) is 25.3. The molecule has 0 unspecified atom stereocenters. The van der Waals surface area contributed by atoms with Crippen LogP contribution in [0.1, 0.15) is 12.5 Å². The fourth-order valence-electron chi connectivity index (χ4n) is 2.26. The second kappa shape index (κ2) is 8.71. The molecule has 0 fully saturated rings. The minimum atomic E-state index is -0.280. The lowest BCUT2D eigenvalue weighted by atomic mass is 10.1. The zero-order valence-corrected chi connectivity index (χ0v) is 14.8. The van der Waals surface area contributed by atoms with Gasteiger partial charge in [0.2, 0.25) is 11.8 Å². The van der Waals surface area contributed by atoms with Gasteiger partial charge in [-0.2, -0.15) is 0 Å². The van der Waals surface area contributed by atoms with E-state index in [1.165, 1.54) is 11.8 Å². The second-order valence-corrected chi connectivity index (χ2v) is 6.05. The van der Waals surface area contributed by atoms with Gasteiger partial charge in [0, 0.05) is 13.5 Å². The summed E-state index contributed by atoms with van der Waals surface area (Å²) in [5.41, 5.74) is 1.56. The topological polar surface area (TPSA) is 49.4 Å². The van der Waals surface area contributed by atoms with Crippen LogP contribution in [0.25, 0.3) is 0 Å². The number of carbonyl (C=O) groups is 2. The van der Waals surface area contributed by atoms with Crippen molar-refractivity contribution in [3.8, 4) is 0 Å². The molecule has 2 rings (SSSR count). The van der Waals surface area contributed by atoms with Crippen molar-refractivity contribution in [3.05, 3.63) is 64.1 Å². The molecule has 0 atom stereocenters. The van der Waals surface area contributed by atoms with E-state index in [1.54, 1.807) is 18.2 Å². The summed E-state index contributed by atoms with van der Waals surface area (Å²) in [6.07, 6.45) is 0.727. The van der Waals surface area contributed by atoms with Crippen LogP contribution in [0.2, 0.25) is 10.0 Å². The van der Waals surface area contributed by atoms with Crippen molar-refractivity contribution in [1.82, 2.24) is 5.32 Å². The first-order valence-corrected chi connectivity index (χ1v) is 8.27. The molecule has 2 aromatic rings. The van der Waals surface area contributed by atoms with Gasteiger partial charge in [-0.05, 0) is 24.1 Å². The van der Waals surface area contributed by atoms with E-state index in [9.17, 15) is 9.59 Å². The Morgan fingerprint density at radius 3 is 2.42 bits per heavy atom. The number of hydrogen-bond donors (Lipinski definition) is 1. The van der Waals surface area contributed by atoms with Crippen LogP contribution in [0.4, 0.5) is 5.69 Å². The molecule has 2 amide bonds. The number of anilines is 1. The Labute approximate surface area is 151 Å². The molecule has 0 heterocycles. The largest absolute Gasteiger partial charge is 0.354 e. The number of nitrogens with zero attached hydrogens (tertiary/aromatic N) is 1. The van der Waals surface area contributed by atoms with Gasteiger partial charge in [0.1, 0.15) is 6.54 Å². The van der Waals surface area contributed by atoms with E-state index in [0.717, 1.165) is 12.0 Å². The van der Waals surface area contributed by atoms with Crippen molar-refractivity contribution in [2.24, 2.45) is 0 Å². The summed E-state index contributed by atoms with van der Waals surface area (Å²) in [6, 6.07) is 14.8. The number of halogens is 2. The molecule has 1 N–H and O–H groups in total. The Balaban J connectivity index is 1.96. The molecule has 0 bridgehead atoms. The molecule has 0 aliphatic carbocycles. The van der Waals surface area contributed by atoms with Gasteiger partial charge >= 0.3 is 0 Å². The fraction of sp³-hybridized carbons (Fsp3) is 0.222. The highest BCUT2D eigenvalue weighted by Crippen LogP contribution is 2.32. The van der Waals surface area contributed by atoms with Crippen molar-refractivity contribution < 1.29 is 9.59 Å². The standard InChI is InChI=1S/C18H18Cl2N2O2/c1-13(23)22(16-9-5-8-15(19)18(16)20)12-17(24)21-11-10-14-6-3-2-4-7-14/h2-9H,10-12H2,1H3,(H,21,24). The van der Waals surface area contributed by atoms with Gasteiger partial charge in [-0.3, -0.25) is 9.59 Å². The van der Waals surface area contributed by atoms with Gasteiger partial charge in [0.05, 0.1) is 15.7 Å². The normalized spacial score (nSPS) is 10.3. The second-order valence-electron chi connectivity index (χ2n) is 5.26. The Hall–Kier alpha value is -2.04. The molecule has 2 aromatic carbocycles. The van der Waals surface area contributed by atoms with Crippen LogP contribution in [0.15, 0.2) is 48.5 Å². The monoisotopic (exact) mass is 364 g/mol. The first kappa shape index (κ1) is 18.3. The predicted molar refractivity (Wildman–Crippen MR) is 97.6 cm³/mol. The van der Waals surface area contributed by atoms with E-state index in [4.69, 9.17) is 23.2 Å². The van der Waals surface area contributed by atoms with Gasteiger partial charge in [-0.1, -0.05) is 59.6 Å². The van der Waals surface area contributed by atoms with Crippen LogP contribution in [-0.2, 0) is 16.0 Å². The molecule has 0 aliphatic heterocycles. The van der Waals surface area contributed by atoms with E-state index in [1.807, 2.05) is 30.3 Å². The van der Waals surface area contributed by atoms with Crippen molar-refractivity contribution in [3.63, 3.8) is 0 Å².